The van der Waals surface area contributed by atoms with E-state index in [4.69, 9.17) is 0 Å². The van der Waals surface area contributed by atoms with Crippen molar-refractivity contribution in [2.75, 3.05) is 24.6 Å². The average molecular weight is 282 g/mol. The van der Waals surface area contributed by atoms with Crippen LogP contribution in [-0.2, 0) is 13.5 Å². The van der Waals surface area contributed by atoms with E-state index in [1.807, 2.05) is 11.8 Å². The SMILES string of the molecule is CCCc1nn(C)c(N2CCCC(CO)C2)c1[N+](=O)[O-]. The summed E-state index contributed by atoms with van der Waals surface area (Å²) in [5, 5.41) is 25.0. The highest BCUT2D eigenvalue weighted by molar-refractivity contribution is 5.62. The molecule has 7 nitrogen and oxygen atoms in total. The van der Waals surface area contributed by atoms with Gasteiger partial charge in [0.05, 0.1) is 4.92 Å². The van der Waals surface area contributed by atoms with Crippen LogP contribution in [0.2, 0.25) is 0 Å². The highest BCUT2D eigenvalue weighted by Gasteiger charge is 2.32. The van der Waals surface area contributed by atoms with Crippen LogP contribution in [0.25, 0.3) is 0 Å². The number of anilines is 1. The van der Waals surface area contributed by atoms with Crippen LogP contribution < -0.4 is 4.90 Å². The van der Waals surface area contributed by atoms with Gasteiger partial charge in [0.2, 0.25) is 5.82 Å². The Bertz CT molecular complexity index is 486. The summed E-state index contributed by atoms with van der Waals surface area (Å²) in [6.07, 6.45) is 3.36. The van der Waals surface area contributed by atoms with Crippen molar-refractivity contribution < 1.29 is 10.0 Å². The monoisotopic (exact) mass is 282 g/mol. The number of piperidine rings is 1. The van der Waals surface area contributed by atoms with Crippen molar-refractivity contribution >= 4 is 11.5 Å². The van der Waals surface area contributed by atoms with Gasteiger partial charge in [-0.15, -0.1) is 0 Å². The summed E-state index contributed by atoms with van der Waals surface area (Å²) in [6.45, 7) is 3.55. The molecule has 0 radical (unpaired) electrons. The molecule has 1 unspecified atom stereocenters. The third-order valence-corrected chi connectivity index (χ3v) is 3.81. The minimum Gasteiger partial charge on any atom is -0.396 e. The van der Waals surface area contributed by atoms with Crippen molar-refractivity contribution in [3.05, 3.63) is 15.8 Å². The van der Waals surface area contributed by atoms with Gasteiger partial charge in [-0.2, -0.15) is 5.10 Å². The van der Waals surface area contributed by atoms with E-state index in [2.05, 4.69) is 5.10 Å². The first-order valence-corrected chi connectivity index (χ1v) is 7.14. The molecule has 1 N–H and O–H groups in total. The molecular weight excluding hydrogens is 260 g/mol. The summed E-state index contributed by atoms with van der Waals surface area (Å²) < 4.78 is 1.61. The fourth-order valence-corrected chi connectivity index (χ4v) is 2.91. The van der Waals surface area contributed by atoms with E-state index < -0.39 is 0 Å². The van der Waals surface area contributed by atoms with Crippen molar-refractivity contribution in [2.24, 2.45) is 13.0 Å². The molecule has 0 saturated carbocycles. The van der Waals surface area contributed by atoms with Crippen molar-refractivity contribution in [3.8, 4) is 0 Å². The van der Waals surface area contributed by atoms with E-state index in [0.29, 0.717) is 24.5 Å². The van der Waals surface area contributed by atoms with Gasteiger partial charge < -0.3 is 10.0 Å². The van der Waals surface area contributed by atoms with E-state index in [-0.39, 0.29) is 23.1 Å². The molecule has 1 aromatic heterocycles. The standard InChI is InChI=1S/C13H22N4O3/c1-3-5-11-12(17(19)20)13(15(2)14-11)16-7-4-6-10(8-16)9-18/h10,18H,3-9H2,1-2H3. The van der Waals surface area contributed by atoms with Gasteiger partial charge in [0.25, 0.3) is 0 Å². The van der Waals surface area contributed by atoms with Crippen LogP contribution in [0.1, 0.15) is 31.9 Å². The highest BCUT2D eigenvalue weighted by atomic mass is 16.6. The third-order valence-electron chi connectivity index (χ3n) is 3.81. The molecule has 20 heavy (non-hydrogen) atoms. The molecule has 2 rings (SSSR count). The lowest BCUT2D eigenvalue weighted by Gasteiger charge is -2.32. The number of aryl methyl sites for hydroxylation is 2. The number of aromatic nitrogens is 2. The Morgan fingerprint density at radius 1 is 1.55 bits per heavy atom. The van der Waals surface area contributed by atoms with Gasteiger partial charge in [0, 0.05) is 26.7 Å². The molecule has 1 atom stereocenters. The van der Waals surface area contributed by atoms with Gasteiger partial charge in [-0.25, -0.2) is 4.68 Å². The van der Waals surface area contributed by atoms with E-state index in [0.717, 1.165) is 25.8 Å². The molecule has 112 valence electrons. The van der Waals surface area contributed by atoms with Gasteiger partial charge in [-0.1, -0.05) is 13.3 Å². The molecule has 1 aromatic rings. The number of aliphatic hydroxyl groups is 1. The highest BCUT2D eigenvalue weighted by Crippen LogP contribution is 2.34. The predicted molar refractivity (Wildman–Crippen MR) is 75.9 cm³/mol. The lowest BCUT2D eigenvalue weighted by Crippen LogP contribution is -2.38. The predicted octanol–water partition coefficient (Wildman–Crippen LogP) is 1.49. The van der Waals surface area contributed by atoms with E-state index in [9.17, 15) is 15.2 Å². The Kier molecular flexibility index (Phi) is 4.59. The summed E-state index contributed by atoms with van der Waals surface area (Å²) in [7, 11) is 1.75. The molecule has 2 heterocycles. The molecule has 0 spiro atoms. The maximum absolute atomic E-state index is 11.4. The Hall–Kier alpha value is -1.63. The van der Waals surface area contributed by atoms with Crippen LogP contribution >= 0.6 is 0 Å². The number of aliphatic hydroxyl groups excluding tert-OH is 1. The molecule has 1 fully saturated rings. The van der Waals surface area contributed by atoms with Crippen LogP contribution in [0.3, 0.4) is 0 Å². The molecular formula is C13H22N4O3. The number of hydrogen-bond donors (Lipinski definition) is 1. The van der Waals surface area contributed by atoms with Crippen LogP contribution in [0.15, 0.2) is 0 Å². The van der Waals surface area contributed by atoms with Gasteiger partial charge in [-0.05, 0) is 25.2 Å². The largest absolute Gasteiger partial charge is 0.396 e. The van der Waals surface area contributed by atoms with Crippen molar-refractivity contribution in [1.29, 1.82) is 0 Å². The molecule has 0 amide bonds. The van der Waals surface area contributed by atoms with Crippen LogP contribution in [0, 0.1) is 16.0 Å². The van der Waals surface area contributed by atoms with Crippen molar-refractivity contribution in [3.63, 3.8) is 0 Å². The molecule has 1 saturated heterocycles. The normalized spacial score (nSPS) is 19.4. The van der Waals surface area contributed by atoms with E-state index in [1.165, 1.54) is 0 Å². The minimum atomic E-state index is -0.324. The maximum atomic E-state index is 11.4. The zero-order chi connectivity index (χ0) is 14.7. The molecule has 1 aliphatic rings. The number of rotatable bonds is 5. The number of nitro groups is 1. The van der Waals surface area contributed by atoms with Gasteiger partial charge in [0.15, 0.2) is 0 Å². The quantitative estimate of drug-likeness (QED) is 0.653. The summed E-state index contributed by atoms with van der Waals surface area (Å²) in [4.78, 5) is 13.1. The van der Waals surface area contributed by atoms with E-state index >= 15 is 0 Å². The molecule has 0 aliphatic carbocycles. The Balaban J connectivity index is 2.36. The number of nitrogens with zero attached hydrogens (tertiary/aromatic N) is 4. The fraction of sp³-hybridized carbons (Fsp3) is 0.769. The van der Waals surface area contributed by atoms with Crippen LogP contribution in [0.5, 0.6) is 0 Å². The molecule has 1 aliphatic heterocycles. The summed E-state index contributed by atoms with van der Waals surface area (Å²) in [5.74, 6) is 0.768. The van der Waals surface area contributed by atoms with Crippen molar-refractivity contribution in [2.45, 2.75) is 32.6 Å². The van der Waals surface area contributed by atoms with Crippen molar-refractivity contribution in [1.82, 2.24) is 9.78 Å². The second-order valence-electron chi connectivity index (χ2n) is 5.39. The Morgan fingerprint density at radius 2 is 2.30 bits per heavy atom. The fourth-order valence-electron chi connectivity index (χ4n) is 2.91. The number of hydrogen-bond acceptors (Lipinski definition) is 5. The first-order valence-electron chi connectivity index (χ1n) is 7.14. The van der Waals surface area contributed by atoms with Gasteiger partial charge in [0.1, 0.15) is 5.69 Å². The minimum absolute atomic E-state index is 0.129. The maximum Gasteiger partial charge on any atom is 0.334 e. The topological polar surface area (TPSA) is 84.4 Å². The second kappa shape index (κ2) is 6.21. The summed E-state index contributed by atoms with van der Waals surface area (Å²) in [6, 6.07) is 0. The Morgan fingerprint density at radius 3 is 2.90 bits per heavy atom. The zero-order valence-corrected chi connectivity index (χ0v) is 12.1. The summed E-state index contributed by atoms with van der Waals surface area (Å²) in [5.41, 5.74) is 0.689. The van der Waals surface area contributed by atoms with Gasteiger partial charge in [-0.3, -0.25) is 10.1 Å². The molecule has 0 aromatic carbocycles. The smallest absolute Gasteiger partial charge is 0.334 e. The lowest BCUT2D eigenvalue weighted by atomic mass is 9.99. The Labute approximate surface area is 118 Å². The first-order chi connectivity index (χ1) is 9.58. The molecule has 0 bridgehead atoms. The van der Waals surface area contributed by atoms with Crippen LogP contribution in [0.4, 0.5) is 11.5 Å². The lowest BCUT2D eigenvalue weighted by molar-refractivity contribution is -0.384. The second-order valence-corrected chi connectivity index (χ2v) is 5.39. The zero-order valence-electron chi connectivity index (χ0n) is 12.1. The first kappa shape index (κ1) is 14.8. The summed E-state index contributed by atoms with van der Waals surface area (Å²) >= 11 is 0. The van der Waals surface area contributed by atoms with Gasteiger partial charge >= 0.3 is 5.69 Å². The van der Waals surface area contributed by atoms with E-state index in [1.54, 1.807) is 11.7 Å². The van der Waals surface area contributed by atoms with Crippen LogP contribution in [-0.4, -0.2) is 39.5 Å². The third kappa shape index (κ3) is 2.77. The molecule has 7 heteroatoms. The average Bonchev–Trinajstić information content (AvgIpc) is 2.76.